The van der Waals surface area contributed by atoms with E-state index in [1.54, 1.807) is 32.0 Å². The van der Waals surface area contributed by atoms with Crippen molar-refractivity contribution in [1.82, 2.24) is 9.97 Å². The number of carboxylic acid groups (broad SMARTS) is 1. The van der Waals surface area contributed by atoms with Crippen molar-refractivity contribution in [3.63, 3.8) is 0 Å². The van der Waals surface area contributed by atoms with E-state index < -0.39 is 29.5 Å². The zero-order valence-corrected chi connectivity index (χ0v) is 19.7. The first-order valence-electron chi connectivity index (χ1n) is 9.69. The Morgan fingerprint density at radius 2 is 1.91 bits per heavy atom. The topological polar surface area (TPSA) is 121 Å². The first-order valence-corrected chi connectivity index (χ1v) is 12.2. The summed E-state index contributed by atoms with van der Waals surface area (Å²) in [6.45, 7) is 3.51. The molecule has 0 saturated heterocycles. The first-order chi connectivity index (χ1) is 15.8. The van der Waals surface area contributed by atoms with E-state index in [-0.39, 0.29) is 16.3 Å². The third-order valence-corrected chi connectivity index (χ3v) is 8.22. The number of aromatic nitrogens is 2. The Morgan fingerprint density at radius 1 is 1.12 bits per heavy atom. The van der Waals surface area contributed by atoms with E-state index in [4.69, 9.17) is 0 Å². The number of thiophene rings is 1. The lowest BCUT2D eigenvalue weighted by Gasteiger charge is -2.22. The third kappa shape index (κ3) is 3.45. The van der Waals surface area contributed by atoms with E-state index in [9.17, 15) is 24.6 Å². The molecule has 0 radical (unpaired) electrons. The summed E-state index contributed by atoms with van der Waals surface area (Å²) in [5, 5.41) is 22.9. The fraction of sp³-hybridized carbons (Fsp3) is 0.136. The maximum atomic E-state index is 13.5. The summed E-state index contributed by atoms with van der Waals surface area (Å²) in [5.74, 6) is -2.86. The largest absolute Gasteiger partial charge is 0.503 e. The van der Waals surface area contributed by atoms with Crippen LogP contribution in [0.25, 0.3) is 10.2 Å². The lowest BCUT2D eigenvalue weighted by atomic mass is 10.0. The van der Waals surface area contributed by atoms with Crippen molar-refractivity contribution in [3.8, 4) is 0 Å². The van der Waals surface area contributed by atoms with Gasteiger partial charge in [0.1, 0.15) is 6.04 Å². The van der Waals surface area contributed by atoms with E-state index in [2.05, 4.69) is 9.97 Å². The van der Waals surface area contributed by atoms with Gasteiger partial charge in [-0.1, -0.05) is 17.4 Å². The molecule has 1 aromatic carbocycles. The zero-order chi connectivity index (χ0) is 23.4. The number of carbonyl (C=O) groups excluding carboxylic acids is 2. The fourth-order valence-corrected chi connectivity index (χ4v) is 6.49. The molecule has 1 aliphatic rings. The number of aryl methyl sites for hydroxylation is 2. The molecule has 0 fully saturated rings. The lowest BCUT2D eigenvalue weighted by molar-refractivity contribution is -0.117. The molecule has 8 nitrogen and oxygen atoms in total. The number of fused-ring (bicyclic) bond motifs is 1. The van der Waals surface area contributed by atoms with Gasteiger partial charge in [0.05, 0.1) is 36.9 Å². The third-order valence-electron chi connectivity index (χ3n) is 5.21. The number of rotatable bonds is 5. The molecule has 2 N–H and O–H groups in total. The monoisotopic (exact) mass is 497 g/mol. The van der Waals surface area contributed by atoms with Gasteiger partial charge in [-0.25, -0.2) is 14.8 Å². The van der Waals surface area contributed by atoms with Crippen LogP contribution in [-0.2, 0) is 4.79 Å². The quantitative estimate of drug-likeness (QED) is 0.376. The van der Waals surface area contributed by atoms with Crippen molar-refractivity contribution in [2.45, 2.75) is 19.9 Å². The molecule has 1 atom stereocenters. The summed E-state index contributed by atoms with van der Waals surface area (Å²) in [6.07, 6.45) is 0. The summed E-state index contributed by atoms with van der Waals surface area (Å²) in [4.78, 5) is 49.3. The molecule has 1 aliphatic heterocycles. The predicted octanol–water partition coefficient (Wildman–Crippen LogP) is 4.91. The molecule has 33 heavy (non-hydrogen) atoms. The summed E-state index contributed by atoms with van der Waals surface area (Å²) in [7, 11) is 0. The number of carbonyl (C=O) groups is 3. The van der Waals surface area contributed by atoms with Crippen LogP contribution < -0.4 is 4.90 Å². The smallest absolute Gasteiger partial charge is 0.335 e. The van der Waals surface area contributed by atoms with Crippen LogP contribution in [-0.4, -0.2) is 37.8 Å². The number of carboxylic acids is 1. The van der Waals surface area contributed by atoms with Crippen LogP contribution in [0.5, 0.6) is 0 Å². The van der Waals surface area contributed by atoms with Crippen LogP contribution in [0.3, 0.4) is 0 Å². The molecule has 11 heteroatoms. The number of hydrogen-bond donors (Lipinski definition) is 2. The number of Topliss-reactive ketones (excluding diaryl/α,β-unsaturated/α-hetero) is 1. The number of amides is 1. The number of aromatic carboxylic acids is 1. The Kier molecular flexibility index (Phi) is 5.11. The number of aliphatic hydroxyl groups excluding tert-OH is 1. The van der Waals surface area contributed by atoms with Crippen LogP contribution in [0.4, 0.5) is 5.13 Å². The van der Waals surface area contributed by atoms with E-state index in [1.807, 2.05) is 5.38 Å². The minimum atomic E-state index is -1.07. The highest BCUT2D eigenvalue weighted by atomic mass is 32.1. The maximum absolute atomic E-state index is 13.5. The molecule has 1 amide bonds. The number of aliphatic hydroxyl groups is 1. The number of hydrogen-bond acceptors (Lipinski definition) is 9. The van der Waals surface area contributed by atoms with Gasteiger partial charge in [0, 0.05) is 4.88 Å². The van der Waals surface area contributed by atoms with Gasteiger partial charge in [-0.2, -0.15) is 0 Å². The van der Waals surface area contributed by atoms with E-state index in [0.29, 0.717) is 30.7 Å². The highest BCUT2D eigenvalue weighted by Crippen LogP contribution is 2.45. The minimum absolute atomic E-state index is 0.0142. The van der Waals surface area contributed by atoms with Gasteiger partial charge >= 0.3 is 5.97 Å². The van der Waals surface area contributed by atoms with Gasteiger partial charge in [-0.15, -0.1) is 22.7 Å². The van der Waals surface area contributed by atoms with E-state index >= 15 is 0 Å². The molecule has 3 aromatic heterocycles. The number of thiazole rings is 2. The van der Waals surface area contributed by atoms with Crippen molar-refractivity contribution in [2.24, 2.45) is 0 Å². The molecule has 0 bridgehead atoms. The summed E-state index contributed by atoms with van der Waals surface area (Å²) in [6, 6.07) is 7.24. The van der Waals surface area contributed by atoms with Crippen molar-refractivity contribution in [3.05, 3.63) is 73.1 Å². The van der Waals surface area contributed by atoms with Crippen molar-refractivity contribution in [2.75, 3.05) is 4.90 Å². The number of anilines is 1. The lowest BCUT2D eigenvalue weighted by Crippen LogP contribution is -2.30. The molecule has 4 heterocycles. The average molecular weight is 498 g/mol. The normalized spacial score (nSPS) is 16.2. The molecule has 5 rings (SSSR count). The standard InChI is InChI=1S/C22H15N3O5S3/c1-9-19(32-10(2)23-9)17(26)15-16(13-4-3-7-31-13)25(20(28)18(15)27)22-24-12-6-5-11(21(29)30)8-14(12)33-22/h3-8,16,27H,1-2H3,(H,29,30). The Morgan fingerprint density at radius 3 is 2.55 bits per heavy atom. The van der Waals surface area contributed by atoms with Crippen LogP contribution in [0.2, 0.25) is 0 Å². The van der Waals surface area contributed by atoms with Crippen molar-refractivity contribution < 1.29 is 24.6 Å². The van der Waals surface area contributed by atoms with Crippen LogP contribution >= 0.6 is 34.0 Å². The Balaban J connectivity index is 1.65. The molecular formula is C22H15N3O5S3. The zero-order valence-electron chi connectivity index (χ0n) is 17.2. The molecule has 0 saturated carbocycles. The summed E-state index contributed by atoms with van der Waals surface area (Å²) in [5.41, 5.74) is 1.15. The summed E-state index contributed by atoms with van der Waals surface area (Å²) < 4.78 is 0.579. The average Bonchev–Trinajstić information content (AvgIpc) is 3.54. The highest BCUT2D eigenvalue weighted by Gasteiger charge is 2.47. The number of benzene rings is 1. The number of ketones is 1. The Bertz CT molecular complexity index is 1480. The fourth-order valence-electron chi connectivity index (χ4n) is 3.76. The van der Waals surface area contributed by atoms with Gasteiger partial charge in [0.25, 0.3) is 5.91 Å². The predicted molar refractivity (Wildman–Crippen MR) is 127 cm³/mol. The van der Waals surface area contributed by atoms with Crippen LogP contribution in [0, 0.1) is 13.8 Å². The second-order valence-corrected chi connectivity index (χ2v) is 10.5. The summed E-state index contributed by atoms with van der Waals surface area (Å²) >= 11 is 3.70. The van der Waals surface area contributed by atoms with Gasteiger partial charge in [0.2, 0.25) is 5.78 Å². The van der Waals surface area contributed by atoms with Crippen LogP contribution in [0.15, 0.2) is 47.0 Å². The van der Waals surface area contributed by atoms with Crippen LogP contribution in [0.1, 0.15) is 41.7 Å². The number of nitrogens with zero attached hydrogens (tertiary/aromatic N) is 3. The van der Waals surface area contributed by atoms with Crippen molar-refractivity contribution >= 4 is 67.0 Å². The maximum Gasteiger partial charge on any atom is 0.335 e. The Labute approximate surface area is 199 Å². The highest BCUT2D eigenvalue weighted by molar-refractivity contribution is 7.22. The van der Waals surface area contributed by atoms with E-state index in [0.717, 1.165) is 11.3 Å². The molecule has 4 aromatic rings. The van der Waals surface area contributed by atoms with Crippen molar-refractivity contribution in [1.29, 1.82) is 0 Å². The van der Waals surface area contributed by atoms with Gasteiger partial charge < -0.3 is 10.2 Å². The molecular weight excluding hydrogens is 482 g/mol. The van der Waals surface area contributed by atoms with Gasteiger partial charge in [-0.05, 0) is 43.5 Å². The molecule has 0 spiro atoms. The van der Waals surface area contributed by atoms with Gasteiger partial charge in [-0.3, -0.25) is 14.5 Å². The van der Waals surface area contributed by atoms with Gasteiger partial charge in [0.15, 0.2) is 10.9 Å². The molecule has 1 unspecified atom stereocenters. The second kappa shape index (κ2) is 7.87. The Hall–Kier alpha value is -3.41. The SMILES string of the molecule is Cc1nc(C)c(C(=O)C2=C(O)C(=O)N(c3nc4ccc(C(=O)O)cc4s3)C2c2cccs2)s1. The second-order valence-electron chi connectivity index (χ2n) is 7.32. The first kappa shape index (κ1) is 21.4. The minimum Gasteiger partial charge on any atom is -0.503 e. The molecule has 166 valence electrons. The van der Waals surface area contributed by atoms with E-state index in [1.165, 1.54) is 39.7 Å². The molecule has 0 aliphatic carbocycles.